The summed E-state index contributed by atoms with van der Waals surface area (Å²) in [6, 6.07) is 0.156. The molecule has 0 spiro atoms. The van der Waals surface area contributed by atoms with Gasteiger partial charge in [0.05, 0.1) is 18.4 Å². The number of aromatic nitrogens is 4. The number of likely N-dealkylation sites (tertiary alicyclic amines) is 1. The van der Waals surface area contributed by atoms with E-state index in [-0.39, 0.29) is 23.8 Å². The average molecular weight is 360 g/mol. The highest BCUT2D eigenvalue weighted by Gasteiger charge is 2.27. The summed E-state index contributed by atoms with van der Waals surface area (Å²) in [4.78, 5) is 26.5. The Kier molecular flexibility index (Phi) is 5.29. The molecule has 8 nitrogen and oxygen atoms in total. The van der Waals surface area contributed by atoms with Crippen molar-refractivity contribution in [1.29, 1.82) is 0 Å². The molecule has 0 saturated carbocycles. The van der Waals surface area contributed by atoms with Gasteiger partial charge in [0.2, 0.25) is 11.8 Å². The summed E-state index contributed by atoms with van der Waals surface area (Å²) in [5.41, 5.74) is 2.89. The van der Waals surface area contributed by atoms with Crippen LogP contribution in [0.2, 0.25) is 0 Å². The highest BCUT2D eigenvalue weighted by atomic mass is 16.2. The van der Waals surface area contributed by atoms with Gasteiger partial charge in [-0.05, 0) is 33.6 Å². The van der Waals surface area contributed by atoms with Crippen LogP contribution in [0.5, 0.6) is 0 Å². The molecule has 142 valence electrons. The van der Waals surface area contributed by atoms with Crippen LogP contribution in [0.3, 0.4) is 0 Å². The molecule has 26 heavy (non-hydrogen) atoms. The molecular formula is C18H28N6O2. The van der Waals surface area contributed by atoms with Crippen molar-refractivity contribution in [2.24, 2.45) is 13.0 Å². The summed E-state index contributed by atoms with van der Waals surface area (Å²) >= 11 is 0. The molecule has 2 aromatic heterocycles. The van der Waals surface area contributed by atoms with Crippen LogP contribution in [-0.4, -0.2) is 55.4 Å². The Morgan fingerprint density at radius 3 is 2.65 bits per heavy atom. The first-order valence-electron chi connectivity index (χ1n) is 9.30. The quantitative estimate of drug-likeness (QED) is 0.869. The van der Waals surface area contributed by atoms with E-state index in [2.05, 4.69) is 15.5 Å². The lowest BCUT2D eigenvalue weighted by molar-refractivity contribution is -0.136. The molecule has 2 aromatic rings. The van der Waals surface area contributed by atoms with E-state index in [1.54, 1.807) is 6.20 Å². The number of piperidine rings is 1. The fourth-order valence-corrected chi connectivity index (χ4v) is 3.63. The molecule has 0 radical (unpaired) electrons. The first-order valence-corrected chi connectivity index (χ1v) is 9.30. The number of nitrogens with zero attached hydrogens (tertiary/aromatic N) is 5. The van der Waals surface area contributed by atoms with Crippen LogP contribution >= 0.6 is 0 Å². The first-order chi connectivity index (χ1) is 12.4. The van der Waals surface area contributed by atoms with Crippen molar-refractivity contribution in [3.63, 3.8) is 0 Å². The van der Waals surface area contributed by atoms with Gasteiger partial charge < -0.3 is 10.2 Å². The van der Waals surface area contributed by atoms with E-state index in [9.17, 15) is 9.59 Å². The summed E-state index contributed by atoms with van der Waals surface area (Å²) in [7, 11) is 1.89. The number of fused-ring (bicyclic) bond motifs is 1. The van der Waals surface area contributed by atoms with Gasteiger partial charge in [-0.2, -0.15) is 10.2 Å². The second-order valence-corrected chi connectivity index (χ2v) is 7.38. The maximum Gasteiger partial charge on any atom is 0.224 e. The van der Waals surface area contributed by atoms with Crippen LogP contribution in [0.1, 0.15) is 38.8 Å². The van der Waals surface area contributed by atoms with Gasteiger partial charge in [0.25, 0.3) is 0 Å². The number of carbonyl (C=O) groups is 2. The van der Waals surface area contributed by atoms with E-state index in [0.717, 1.165) is 29.6 Å². The minimum atomic E-state index is 0.0187. The zero-order chi connectivity index (χ0) is 18.8. The molecule has 0 aromatic carbocycles. The number of nitrogens with one attached hydrogen (secondary N) is 1. The SMILES string of the molecule is Cc1nn(C)c2cnn(CCC(=O)N3CCC(C(=O)NC(C)C)CC3)c12. The molecule has 0 bridgehead atoms. The van der Waals surface area contributed by atoms with Gasteiger partial charge in [-0.25, -0.2) is 0 Å². The Bertz CT molecular complexity index is 798. The molecule has 1 aliphatic rings. The standard InChI is InChI=1S/C18H28N6O2/c1-12(2)20-18(26)14-5-8-23(9-6-14)16(25)7-10-24-17-13(3)21-22(4)15(17)11-19-24/h11-12,14H,5-10H2,1-4H3,(H,20,26). The maximum absolute atomic E-state index is 12.5. The third kappa shape index (κ3) is 3.73. The first kappa shape index (κ1) is 18.4. The lowest BCUT2D eigenvalue weighted by atomic mass is 9.95. The van der Waals surface area contributed by atoms with Crippen molar-refractivity contribution in [3.05, 3.63) is 11.9 Å². The van der Waals surface area contributed by atoms with Crippen molar-refractivity contribution in [1.82, 2.24) is 29.8 Å². The zero-order valence-corrected chi connectivity index (χ0v) is 16.0. The van der Waals surface area contributed by atoms with Gasteiger partial charge in [0.15, 0.2) is 0 Å². The normalized spacial score (nSPS) is 15.8. The van der Waals surface area contributed by atoms with Crippen LogP contribution < -0.4 is 5.32 Å². The number of carbonyl (C=O) groups excluding carboxylic acids is 2. The Morgan fingerprint density at radius 2 is 2.00 bits per heavy atom. The molecule has 0 atom stereocenters. The van der Waals surface area contributed by atoms with Crippen LogP contribution in [0, 0.1) is 12.8 Å². The van der Waals surface area contributed by atoms with Crippen molar-refractivity contribution >= 4 is 22.8 Å². The van der Waals surface area contributed by atoms with Crippen molar-refractivity contribution < 1.29 is 9.59 Å². The highest BCUT2D eigenvalue weighted by molar-refractivity contribution is 5.80. The Balaban J connectivity index is 1.52. The fourth-order valence-electron chi connectivity index (χ4n) is 3.63. The second-order valence-electron chi connectivity index (χ2n) is 7.38. The molecule has 1 fully saturated rings. The fraction of sp³-hybridized carbons (Fsp3) is 0.667. The summed E-state index contributed by atoms with van der Waals surface area (Å²) in [6.45, 7) is 7.72. The molecule has 8 heteroatoms. The van der Waals surface area contributed by atoms with Crippen molar-refractivity contribution in [2.75, 3.05) is 13.1 Å². The van der Waals surface area contributed by atoms with Crippen molar-refractivity contribution in [2.45, 2.75) is 52.6 Å². The number of aryl methyl sites for hydroxylation is 3. The van der Waals surface area contributed by atoms with Crippen LogP contribution in [0.25, 0.3) is 11.0 Å². The topological polar surface area (TPSA) is 85.1 Å². The molecule has 1 saturated heterocycles. The summed E-state index contributed by atoms with van der Waals surface area (Å²) in [6.07, 6.45) is 3.67. The van der Waals surface area contributed by atoms with Crippen LogP contribution in [0.15, 0.2) is 6.20 Å². The van der Waals surface area contributed by atoms with Gasteiger partial charge in [0.1, 0.15) is 11.0 Å². The Hall–Kier alpha value is -2.38. The van der Waals surface area contributed by atoms with E-state index in [0.29, 0.717) is 26.1 Å². The Morgan fingerprint density at radius 1 is 1.31 bits per heavy atom. The minimum Gasteiger partial charge on any atom is -0.354 e. The monoisotopic (exact) mass is 360 g/mol. The van der Waals surface area contributed by atoms with Crippen molar-refractivity contribution in [3.8, 4) is 0 Å². The van der Waals surface area contributed by atoms with Gasteiger partial charge in [-0.3, -0.25) is 19.0 Å². The smallest absolute Gasteiger partial charge is 0.224 e. The number of rotatable bonds is 5. The van der Waals surface area contributed by atoms with Gasteiger partial charge in [-0.15, -0.1) is 0 Å². The average Bonchev–Trinajstić information content (AvgIpc) is 3.14. The molecule has 0 aliphatic carbocycles. The Labute approximate surface area is 153 Å². The van der Waals surface area contributed by atoms with E-state index < -0.39 is 0 Å². The molecule has 2 amide bonds. The number of hydrogen-bond donors (Lipinski definition) is 1. The number of amides is 2. The molecule has 1 N–H and O–H groups in total. The lowest BCUT2D eigenvalue weighted by Gasteiger charge is -2.31. The molecule has 1 aliphatic heterocycles. The van der Waals surface area contributed by atoms with E-state index in [1.807, 2.05) is 42.1 Å². The third-order valence-electron chi connectivity index (χ3n) is 5.00. The largest absolute Gasteiger partial charge is 0.354 e. The summed E-state index contributed by atoms with van der Waals surface area (Å²) < 4.78 is 3.67. The second kappa shape index (κ2) is 7.47. The predicted molar refractivity (Wildman–Crippen MR) is 98.4 cm³/mol. The number of hydrogen-bond acceptors (Lipinski definition) is 4. The van der Waals surface area contributed by atoms with Gasteiger partial charge in [0, 0.05) is 38.5 Å². The van der Waals surface area contributed by atoms with Crippen LogP contribution in [-0.2, 0) is 23.2 Å². The third-order valence-corrected chi connectivity index (χ3v) is 5.00. The summed E-state index contributed by atoms with van der Waals surface area (Å²) in [5, 5.41) is 11.7. The van der Waals surface area contributed by atoms with E-state index in [4.69, 9.17) is 0 Å². The zero-order valence-electron chi connectivity index (χ0n) is 16.0. The molecule has 3 rings (SSSR count). The molecule has 3 heterocycles. The highest BCUT2D eigenvalue weighted by Crippen LogP contribution is 2.20. The minimum absolute atomic E-state index is 0.0187. The van der Waals surface area contributed by atoms with Crippen LogP contribution in [0.4, 0.5) is 0 Å². The lowest BCUT2D eigenvalue weighted by Crippen LogP contribution is -2.44. The van der Waals surface area contributed by atoms with Gasteiger partial charge >= 0.3 is 0 Å². The molecular weight excluding hydrogens is 332 g/mol. The maximum atomic E-state index is 12.5. The van der Waals surface area contributed by atoms with E-state index >= 15 is 0 Å². The van der Waals surface area contributed by atoms with E-state index in [1.165, 1.54) is 0 Å². The summed E-state index contributed by atoms with van der Waals surface area (Å²) in [5.74, 6) is 0.251. The predicted octanol–water partition coefficient (Wildman–Crippen LogP) is 1.23. The van der Waals surface area contributed by atoms with Gasteiger partial charge in [-0.1, -0.05) is 0 Å². The molecule has 0 unspecified atom stereocenters.